The molecule has 2 nitrogen and oxygen atoms in total. The number of pyridine rings is 1. The maximum absolute atomic E-state index is 12.9. The summed E-state index contributed by atoms with van der Waals surface area (Å²) in [6.45, 7) is 2.22. The first-order valence-corrected chi connectivity index (χ1v) is 6.11. The van der Waals surface area contributed by atoms with Gasteiger partial charge in [-0.15, -0.1) is 24.8 Å². The smallest absolute Gasteiger partial charge is 0.142 e. The molecule has 1 saturated carbocycles. The molecular formula is C14H17Cl2FN2. The van der Waals surface area contributed by atoms with E-state index in [0.29, 0.717) is 16.9 Å². The lowest BCUT2D eigenvalue weighted by Gasteiger charge is -2.22. The highest BCUT2D eigenvalue weighted by Crippen LogP contribution is 2.58. The van der Waals surface area contributed by atoms with Crippen molar-refractivity contribution in [2.24, 2.45) is 11.3 Å². The van der Waals surface area contributed by atoms with Crippen LogP contribution in [0, 0.1) is 29.0 Å². The van der Waals surface area contributed by atoms with E-state index >= 15 is 0 Å². The lowest BCUT2D eigenvalue weighted by atomic mass is 9.92. The second kappa shape index (κ2) is 6.56. The molecule has 0 amide bonds. The third-order valence-corrected chi connectivity index (χ3v) is 3.88. The summed E-state index contributed by atoms with van der Waals surface area (Å²) in [6.07, 6.45) is 6.50. The summed E-state index contributed by atoms with van der Waals surface area (Å²) in [6, 6.07) is 1.44. The van der Waals surface area contributed by atoms with E-state index in [1.54, 1.807) is 6.20 Å². The highest BCUT2D eigenvalue weighted by Gasteiger charge is 2.52. The average molecular weight is 303 g/mol. The van der Waals surface area contributed by atoms with Crippen molar-refractivity contribution < 1.29 is 4.39 Å². The molecule has 2 aliphatic rings. The Morgan fingerprint density at radius 2 is 2.00 bits per heavy atom. The van der Waals surface area contributed by atoms with Gasteiger partial charge in [-0.2, -0.15) is 0 Å². The molecule has 0 aromatic carbocycles. The van der Waals surface area contributed by atoms with E-state index < -0.39 is 0 Å². The second-order valence-corrected chi connectivity index (χ2v) is 5.03. The van der Waals surface area contributed by atoms with Crippen molar-refractivity contribution in [3.05, 3.63) is 29.8 Å². The summed E-state index contributed by atoms with van der Waals surface area (Å²) in [5, 5.41) is 3.37. The lowest BCUT2D eigenvalue weighted by Crippen LogP contribution is -2.29. The Kier molecular flexibility index (Phi) is 5.61. The van der Waals surface area contributed by atoms with Crippen LogP contribution in [0.2, 0.25) is 0 Å². The first-order chi connectivity index (χ1) is 8.28. The normalized spacial score (nSPS) is 22.5. The molecule has 5 heteroatoms. The van der Waals surface area contributed by atoms with Crippen LogP contribution < -0.4 is 5.32 Å². The van der Waals surface area contributed by atoms with Crippen LogP contribution in [0.4, 0.5) is 4.39 Å². The van der Waals surface area contributed by atoms with Crippen LogP contribution in [-0.4, -0.2) is 18.1 Å². The van der Waals surface area contributed by atoms with Crippen LogP contribution in [-0.2, 0) is 0 Å². The molecule has 1 unspecified atom stereocenters. The lowest BCUT2D eigenvalue weighted by molar-refractivity contribution is 0.339. The summed E-state index contributed by atoms with van der Waals surface area (Å²) in [5.41, 5.74) is 1.15. The topological polar surface area (TPSA) is 24.9 Å². The molecule has 19 heavy (non-hydrogen) atoms. The second-order valence-electron chi connectivity index (χ2n) is 5.03. The van der Waals surface area contributed by atoms with Crippen LogP contribution in [0.5, 0.6) is 0 Å². The molecular weight excluding hydrogens is 286 g/mol. The summed E-state index contributed by atoms with van der Waals surface area (Å²) in [5.74, 6) is 6.51. The SMILES string of the molecule is Cl.Cl.Fc1cncc(C#CC2CC23CCNCC3)c1. The van der Waals surface area contributed by atoms with Gasteiger partial charge in [0.05, 0.1) is 6.20 Å². The largest absolute Gasteiger partial charge is 0.317 e. The van der Waals surface area contributed by atoms with Gasteiger partial charge < -0.3 is 5.32 Å². The number of aromatic nitrogens is 1. The summed E-state index contributed by atoms with van der Waals surface area (Å²) in [4.78, 5) is 3.80. The molecule has 1 aromatic heterocycles. The molecule has 1 N–H and O–H groups in total. The quantitative estimate of drug-likeness (QED) is 0.746. The van der Waals surface area contributed by atoms with Crippen molar-refractivity contribution in [3.63, 3.8) is 0 Å². The number of rotatable bonds is 0. The van der Waals surface area contributed by atoms with Crippen molar-refractivity contribution in [2.45, 2.75) is 19.3 Å². The van der Waals surface area contributed by atoms with Crippen LogP contribution >= 0.6 is 24.8 Å². The molecule has 1 saturated heterocycles. The first kappa shape index (κ1) is 16.2. The van der Waals surface area contributed by atoms with Crippen LogP contribution in [0.3, 0.4) is 0 Å². The Labute approximate surface area is 125 Å². The monoisotopic (exact) mass is 302 g/mol. The van der Waals surface area contributed by atoms with E-state index in [9.17, 15) is 4.39 Å². The minimum Gasteiger partial charge on any atom is -0.317 e. The van der Waals surface area contributed by atoms with E-state index in [1.165, 1.54) is 31.5 Å². The molecule has 2 heterocycles. The van der Waals surface area contributed by atoms with Gasteiger partial charge in [0.25, 0.3) is 0 Å². The fraction of sp³-hybridized carbons (Fsp3) is 0.500. The number of nitrogens with one attached hydrogen (secondary N) is 1. The van der Waals surface area contributed by atoms with Crippen LogP contribution in [0.1, 0.15) is 24.8 Å². The number of halogens is 3. The highest BCUT2D eigenvalue weighted by atomic mass is 35.5. The number of nitrogens with zero attached hydrogens (tertiary/aromatic N) is 1. The van der Waals surface area contributed by atoms with Crippen molar-refractivity contribution in [1.82, 2.24) is 10.3 Å². The molecule has 3 rings (SSSR count). The Balaban J connectivity index is 0.000000902. The summed E-state index contributed by atoms with van der Waals surface area (Å²) >= 11 is 0. The number of hydrogen-bond acceptors (Lipinski definition) is 2. The van der Waals surface area contributed by atoms with Gasteiger partial charge in [0, 0.05) is 17.7 Å². The molecule has 1 atom stereocenters. The fourth-order valence-electron chi connectivity index (χ4n) is 2.68. The molecule has 0 radical (unpaired) electrons. The van der Waals surface area contributed by atoms with Gasteiger partial charge in [-0.05, 0) is 43.8 Å². The Morgan fingerprint density at radius 1 is 1.26 bits per heavy atom. The zero-order valence-electron chi connectivity index (χ0n) is 10.5. The third kappa shape index (κ3) is 3.60. The predicted molar refractivity (Wildman–Crippen MR) is 78.2 cm³/mol. The van der Waals surface area contributed by atoms with Gasteiger partial charge in [0.2, 0.25) is 0 Å². The Bertz CT molecular complexity index is 490. The summed E-state index contributed by atoms with van der Waals surface area (Å²) < 4.78 is 12.9. The van der Waals surface area contributed by atoms with Crippen molar-refractivity contribution in [1.29, 1.82) is 0 Å². The first-order valence-electron chi connectivity index (χ1n) is 6.11. The van der Waals surface area contributed by atoms with Crippen molar-refractivity contribution in [3.8, 4) is 11.8 Å². The standard InChI is InChI=1S/C14H15FN2.2ClH/c15-13-7-11(9-17-10-13)1-2-12-8-14(12)3-5-16-6-4-14;;/h7,9-10,12,16H,3-6,8H2;2*1H. The zero-order valence-corrected chi connectivity index (χ0v) is 12.1. The van der Waals surface area contributed by atoms with Gasteiger partial charge in [0.15, 0.2) is 0 Å². The van der Waals surface area contributed by atoms with Gasteiger partial charge in [-0.25, -0.2) is 4.39 Å². The maximum atomic E-state index is 12.9. The summed E-state index contributed by atoms with van der Waals surface area (Å²) in [7, 11) is 0. The maximum Gasteiger partial charge on any atom is 0.142 e. The molecule has 0 bridgehead atoms. The molecule has 2 fully saturated rings. The molecule has 1 aliphatic heterocycles. The number of hydrogen-bond donors (Lipinski definition) is 1. The molecule has 1 aliphatic carbocycles. The van der Waals surface area contributed by atoms with Gasteiger partial charge in [-0.3, -0.25) is 4.98 Å². The molecule has 1 spiro atoms. The van der Waals surface area contributed by atoms with Gasteiger partial charge in [0.1, 0.15) is 5.82 Å². The van der Waals surface area contributed by atoms with E-state index in [2.05, 4.69) is 22.1 Å². The molecule has 1 aromatic rings. The fourth-order valence-corrected chi connectivity index (χ4v) is 2.68. The Morgan fingerprint density at radius 3 is 2.68 bits per heavy atom. The van der Waals surface area contributed by atoms with Crippen molar-refractivity contribution >= 4 is 24.8 Å². The Hall–Kier alpha value is -0.820. The van der Waals surface area contributed by atoms with Crippen LogP contribution in [0.25, 0.3) is 0 Å². The minimum atomic E-state index is -0.316. The minimum absolute atomic E-state index is 0. The van der Waals surface area contributed by atoms with Crippen LogP contribution in [0.15, 0.2) is 18.5 Å². The predicted octanol–water partition coefficient (Wildman–Crippen LogP) is 2.81. The van der Waals surface area contributed by atoms with E-state index in [0.717, 1.165) is 13.1 Å². The number of piperidine rings is 1. The van der Waals surface area contributed by atoms with Gasteiger partial charge >= 0.3 is 0 Å². The van der Waals surface area contributed by atoms with E-state index in [4.69, 9.17) is 0 Å². The van der Waals surface area contributed by atoms with E-state index in [-0.39, 0.29) is 30.6 Å². The third-order valence-electron chi connectivity index (χ3n) is 3.88. The van der Waals surface area contributed by atoms with E-state index in [1.807, 2.05) is 0 Å². The van der Waals surface area contributed by atoms with Crippen molar-refractivity contribution in [2.75, 3.05) is 13.1 Å². The highest BCUT2D eigenvalue weighted by molar-refractivity contribution is 5.85. The zero-order chi connectivity index (χ0) is 11.7. The van der Waals surface area contributed by atoms with Gasteiger partial charge in [-0.1, -0.05) is 11.8 Å². The molecule has 104 valence electrons. The average Bonchev–Trinajstić information content (AvgIpc) is 3.00.